The molecule has 3 aromatic rings. The Morgan fingerprint density at radius 3 is 2.57 bits per heavy atom. The number of carbonyl (C=O) groups is 2. The summed E-state index contributed by atoms with van der Waals surface area (Å²) >= 11 is 7.98. The van der Waals surface area contributed by atoms with Crippen LogP contribution < -0.4 is 5.32 Å². The Kier molecular flexibility index (Phi) is 7.32. The van der Waals surface area contributed by atoms with Crippen molar-refractivity contribution in [1.82, 2.24) is 19.6 Å². The fourth-order valence-electron chi connectivity index (χ4n) is 4.88. The van der Waals surface area contributed by atoms with Gasteiger partial charge in [-0.2, -0.15) is 11.8 Å². The maximum absolute atomic E-state index is 13.3. The highest BCUT2D eigenvalue weighted by molar-refractivity contribution is 7.99. The van der Waals surface area contributed by atoms with E-state index in [0.717, 1.165) is 43.0 Å². The number of ether oxygens (including phenoxy) is 1. The molecular formula is C26H29ClN4O3S. The third-order valence-electron chi connectivity index (χ3n) is 6.96. The molecule has 9 heteroatoms. The van der Waals surface area contributed by atoms with Gasteiger partial charge >= 0.3 is 0 Å². The summed E-state index contributed by atoms with van der Waals surface area (Å²) in [6.07, 6.45) is 3.70. The van der Waals surface area contributed by atoms with Crippen LogP contribution in [0.15, 0.2) is 48.7 Å². The Labute approximate surface area is 214 Å². The van der Waals surface area contributed by atoms with Gasteiger partial charge in [-0.15, -0.1) is 0 Å². The molecule has 0 unspecified atom stereocenters. The number of rotatable bonds is 6. The number of hydrogen-bond donors (Lipinski definition) is 1. The molecule has 0 radical (unpaired) electrons. The Balaban J connectivity index is 1.32. The van der Waals surface area contributed by atoms with Crippen LogP contribution in [0.1, 0.15) is 34.6 Å². The van der Waals surface area contributed by atoms with Gasteiger partial charge in [-0.25, -0.2) is 4.98 Å². The molecule has 2 saturated heterocycles. The zero-order chi connectivity index (χ0) is 24.3. The Bertz CT molecular complexity index is 1200. The number of thioether (sulfide) groups is 1. The monoisotopic (exact) mass is 512 g/mol. The van der Waals surface area contributed by atoms with Crippen molar-refractivity contribution in [2.24, 2.45) is 0 Å². The number of nitrogens with one attached hydrogen (secondary N) is 1. The number of fused-ring (bicyclic) bond motifs is 1. The van der Waals surface area contributed by atoms with Crippen LogP contribution in [0.3, 0.4) is 0 Å². The van der Waals surface area contributed by atoms with Crippen molar-refractivity contribution in [3.8, 4) is 0 Å². The molecule has 7 nitrogen and oxygen atoms in total. The largest absolute Gasteiger partial charge is 0.381 e. The number of amides is 2. The summed E-state index contributed by atoms with van der Waals surface area (Å²) < 4.78 is 7.39. The summed E-state index contributed by atoms with van der Waals surface area (Å²) in [4.78, 5) is 32.5. The van der Waals surface area contributed by atoms with Crippen LogP contribution in [0.4, 0.5) is 0 Å². The van der Waals surface area contributed by atoms with Gasteiger partial charge in [0.05, 0.1) is 12.1 Å². The second-order valence-corrected chi connectivity index (χ2v) is 10.8. The van der Waals surface area contributed by atoms with Crippen molar-refractivity contribution in [2.45, 2.75) is 24.7 Å². The molecule has 2 aliphatic heterocycles. The zero-order valence-electron chi connectivity index (χ0n) is 19.5. The van der Waals surface area contributed by atoms with E-state index >= 15 is 0 Å². The number of hydrogen-bond acceptors (Lipinski definition) is 5. The minimum atomic E-state index is -0.203. The van der Waals surface area contributed by atoms with Gasteiger partial charge in [0.15, 0.2) is 0 Å². The molecule has 0 spiro atoms. The van der Waals surface area contributed by atoms with E-state index in [1.807, 2.05) is 59.3 Å². The fourth-order valence-corrected chi connectivity index (χ4v) is 5.91. The van der Waals surface area contributed by atoms with Crippen LogP contribution in [0.2, 0.25) is 5.02 Å². The first kappa shape index (κ1) is 24.2. The van der Waals surface area contributed by atoms with Gasteiger partial charge in [0.25, 0.3) is 5.91 Å². The third kappa shape index (κ3) is 5.34. The highest BCUT2D eigenvalue weighted by Crippen LogP contribution is 2.35. The SMILES string of the molecule is O=C(NCC1(c2ccc(Cl)cc2)CCOCC1)c1cccc2nc(CC(=O)N3CCSCC3)cn12. The van der Waals surface area contributed by atoms with Crippen molar-refractivity contribution in [1.29, 1.82) is 0 Å². The van der Waals surface area contributed by atoms with Crippen molar-refractivity contribution >= 4 is 40.8 Å². The molecule has 2 fully saturated rings. The second-order valence-electron chi connectivity index (χ2n) is 9.12. The lowest BCUT2D eigenvalue weighted by atomic mass is 9.74. The number of benzene rings is 1. The average molecular weight is 513 g/mol. The number of carbonyl (C=O) groups excluding carboxylic acids is 2. The minimum Gasteiger partial charge on any atom is -0.381 e. The molecule has 0 aliphatic carbocycles. The average Bonchev–Trinajstić information content (AvgIpc) is 3.31. The molecule has 2 amide bonds. The van der Waals surface area contributed by atoms with Crippen molar-refractivity contribution in [3.05, 3.63) is 70.6 Å². The van der Waals surface area contributed by atoms with Crippen molar-refractivity contribution < 1.29 is 14.3 Å². The Hall–Kier alpha value is -2.55. The molecule has 1 aromatic carbocycles. The standard InChI is InChI=1S/C26H29ClN4O3S/c27-20-6-4-19(5-7-20)26(8-12-34-13-9-26)18-28-25(33)22-2-1-3-23-29-21(17-31(22)23)16-24(32)30-10-14-35-15-11-30/h1-7,17H,8-16,18H2,(H,28,33). The van der Waals surface area contributed by atoms with Gasteiger partial charge in [-0.3, -0.25) is 14.0 Å². The summed E-state index contributed by atoms with van der Waals surface area (Å²) in [5, 5.41) is 3.86. The first-order valence-electron chi connectivity index (χ1n) is 12.0. The van der Waals surface area contributed by atoms with Gasteiger partial charge in [0.1, 0.15) is 11.3 Å². The summed E-state index contributed by atoms with van der Waals surface area (Å²) in [5.41, 5.74) is 2.79. The maximum Gasteiger partial charge on any atom is 0.268 e. The van der Waals surface area contributed by atoms with Gasteiger partial charge in [-0.05, 0) is 42.7 Å². The molecule has 0 saturated carbocycles. The van der Waals surface area contributed by atoms with Gasteiger partial charge in [-0.1, -0.05) is 29.8 Å². The lowest BCUT2D eigenvalue weighted by molar-refractivity contribution is -0.130. The van der Waals surface area contributed by atoms with Crippen molar-refractivity contribution in [2.75, 3.05) is 44.4 Å². The minimum absolute atomic E-state index is 0.0872. The third-order valence-corrected chi connectivity index (χ3v) is 8.16. The van der Waals surface area contributed by atoms with Crippen LogP contribution >= 0.6 is 23.4 Å². The molecule has 1 N–H and O–H groups in total. The molecule has 4 heterocycles. The lowest BCUT2D eigenvalue weighted by Crippen LogP contribution is -2.44. The van der Waals surface area contributed by atoms with Crippen LogP contribution in [-0.4, -0.2) is 70.5 Å². The smallest absolute Gasteiger partial charge is 0.268 e. The normalized spacial score (nSPS) is 17.9. The van der Waals surface area contributed by atoms with E-state index in [2.05, 4.69) is 10.3 Å². The summed E-state index contributed by atoms with van der Waals surface area (Å²) in [5.74, 6) is 1.87. The van der Waals surface area contributed by atoms with Crippen LogP contribution in [0.25, 0.3) is 5.65 Å². The molecule has 184 valence electrons. The summed E-state index contributed by atoms with van der Waals surface area (Å²) in [6.45, 7) is 3.38. The first-order chi connectivity index (χ1) is 17.0. The molecular weight excluding hydrogens is 484 g/mol. The number of pyridine rings is 1. The summed E-state index contributed by atoms with van der Waals surface area (Å²) in [6, 6.07) is 13.4. The van der Waals surface area contributed by atoms with Gasteiger partial charge in [0.2, 0.25) is 5.91 Å². The molecule has 2 aliphatic rings. The highest BCUT2D eigenvalue weighted by atomic mass is 35.5. The number of imidazole rings is 1. The number of aromatic nitrogens is 2. The maximum atomic E-state index is 13.3. The van der Waals surface area contributed by atoms with Gasteiger partial charge < -0.3 is 15.0 Å². The van der Waals surface area contributed by atoms with E-state index in [-0.39, 0.29) is 23.7 Å². The van der Waals surface area contributed by atoms with Crippen LogP contribution in [-0.2, 0) is 21.4 Å². The predicted molar refractivity (Wildman–Crippen MR) is 138 cm³/mol. The molecule has 0 bridgehead atoms. The molecule has 0 atom stereocenters. The Morgan fingerprint density at radius 1 is 1.09 bits per heavy atom. The second kappa shape index (κ2) is 10.6. The number of nitrogens with zero attached hydrogens (tertiary/aromatic N) is 3. The van der Waals surface area contributed by atoms with E-state index in [1.54, 1.807) is 10.5 Å². The predicted octanol–water partition coefficient (Wildman–Crippen LogP) is 3.58. The Morgan fingerprint density at radius 2 is 1.83 bits per heavy atom. The molecule has 5 rings (SSSR count). The number of halogens is 1. The lowest BCUT2D eigenvalue weighted by Gasteiger charge is -2.38. The van der Waals surface area contributed by atoms with Gasteiger partial charge in [0, 0.05) is 61.0 Å². The van der Waals surface area contributed by atoms with Crippen molar-refractivity contribution in [3.63, 3.8) is 0 Å². The van der Waals surface area contributed by atoms with Crippen LogP contribution in [0.5, 0.6) is 0 Å². The van der Waals surface area contributed by atoms with E-state index in [1.165, 1.54) is 0 Å². The quantitative estimate of drug-likeness (QED) is 0.546. The fraction of sp³-hybridized carbons (Fsp3) is 0.423. The van der Waals surface area contributed by atoms with E-state index in [9.17, 15) is 9.59 Å². The van der Waals surface area contributed by atoms with Crippen LogP contribution in [0, 0.1) is 0 Å². The highest BCUT2D eigenvalue weighted by Gasteiger charge is 2.35. The molecule has 2 aromatic heterocycles. The summed E-state index contributed by atoms with van der Waals surface area (Å²) in [7, 11) is 0. The first-order valence-corrected chi connectivity index (χ1v) is 13.5. The topological polar surface area (TPSA) is 75.9 Å². The molecule has 35 heavy (non-hydrogen) atoms. The van der Waals surface area contributed by atoms with E-state index in [4.69, 9.17) is 16.3 Å². The van der Waals surface area contributed by atoms with E-state index < -0.39 is 0 Å². The zero-order valence-corrected chi connectivity index (χ0v) is 21.1. The van der Waals surface area contributed by atoms with E-state index in [0.29, 0.717) is 41.8 Å².